The van der Waals surface area contributed by atoms with Gasteiger partial charge in [0.15, 0.2) is 0 Å². The highest BCUT2D eigenvalue weighted by molar-refractivity contribution is 4.84. The van der Waals surface area contributed by atoms with Crippen LogP contribution in [0, 0.1) is 10.8 Å². The minimum Gasteiger partial charge on any atom is -0.380 e. The molecule has 5 heteroatoms. The van der Waals surface area contributed by atoms with Crippen molar-refractivity contribution in [2.45, 2.75) is 26.7 Å². The van der Waals surface area contributed by atoms with Crippen molar-refractivity contribution in [1.82, 2.24) is 0 Å². The van der Waals surface area contributed by atoms with Crippen LogP contribution in [0.15, 0.2) is 0 Å². The lowest BCUT2D eigenvalue weighted by Crippen LogP contribution is -2.46. The second-order valence-corrected chi connectivity index (χ2v) is 5.83. The quantitative estimate of drug-likeness (QED) is 0.449. The standard InChI is InChI=1S/C14H26O5/c1-3-13(5-15-6-13)9-17-11-19-12-18-10-14(4-2)7-16-8-14/h3-12H2,1-2H3. The Kier molecular flexibility index (Phi) is 5.59. The van der Waals surface area contributed by atoms with Crippen LogP contribution in [0.3, 0.4) is 0 Å². The lowest BCUT2D eigenvalue weighted by Gasteiger charge is -2.40. The molecule has 19 heavy (non-hydrogen) atoms. The van der Waals surface area contributed by atoms with Crippen LogP contribution < -0.4 is 0 Å². The summed E-state index contributed by atoms with van der Waals surface area (Å²) in [5, 5.41) is 0. The number of hydrogen-bond acceptors (Lipinski definition) is 5. The van der Waals surface area contributed by atoms with Crippen LogP contribution in [0.25, 0.3) is 0 Å². The molecule has 0 N–H and O–H groups in total. The van der Waals surface area contributed by atoms with Crippen molar-refractivity contribution < 1.29 is 23.7 Å². The highest BCUT2D eigenvalue weighted by Crippen LogP contribution is 2.32. The summed E-state index contributed by atoms with van der Waals surface area (Å²) in [6, 6.07) is 0. The molecular formula is C14H26O5. The zero-order valence-corrected chi connectivity index (χ0v) is 12.1. The third-order valence-electron chi connectivity index (χ3n) is 4.28. The van der Waals surface area contributed by atoms with Crippen molar-refractivity contribution in [3.05, 3.63) is 0 Å². The summed E-state index contributed by atoms with van der Waals surface area (Å²) in [4.78, 5) is 0. The lowest BCUT2D eigenvalue weighted by molar-refractivity contribution is -0.207. The first-order valence-electron chi connectivity index (χ1n) is 7.13. The van der Waals surface area contributed by atoms with E-state index in [4.69, 9.17) is 23.7 Å². The molecule has 2 rings (SSSR count). The monoisotopic (exact) mass is 274 g/mol. The molecule has 0 aromatic heterocycles. The molecule has 0 bridgehead atoms. The van der Waals surface area contributed by atoms with E-state index >= 15 is 0 Å². The van der Waals surface area contributed by atoms with Gasteiger partial charge in [-0.15, -0.1) is 0 Å². The Hall–Kier alpha value is -0.200. The molecule has 0 atom stereocenters. The summed E-state index contributed by atoms with van der Waals surface area (Å²) in [6.07, 6.45) is 2.17. The van der Waals surface area contributed by atoms with E-state index in [1.807, 2.05) is 0 Å². The van der Waals surface area contributed by atoms with Gasteiger partial charge in [0.1, 0.15) is 13.6 Å². The van der Waals surface area contributed by atoms with Crippen molar-refractivity contribution in [2.24, 2.45) is 10.8 Å². The topological polar surface area (TPSA) is 46.2 Å². The Labute approximate surface area is 115 Å². The first-order valence-corrected chi connectivity index (χ1v) is 7.13. The van der Waals surface area contributed by atoms with Gasteiger partial charge in [-0.3, -0.25) is 0 Å². The summed E-state index contributed by atoms with van der Waals surface area (Å²) in [7, 11) is 0. The van der Waals surface area contributed by atoms with E-state index < -0.39 is 0 Å². The normalized spacial score (nSPS) is 23.7. The van der Waals surface area contributed by atoms with Gasteiger partial charge >= 0.3 is 0 Å². The Morgan fingerprint density at radius 2 is 1.16 bits per heavy atom. The molecule has 2 aliphatic heterocycles. The number of hydrogen-bond donors (Lipinski definition) is 0. The fraction of sp³-hybridized carbons (Fsp3) is 1.00. The van der Waals surface area contributed by atoms with Crippen molar-refractivity contribution in [3.8, 4) is 0 Å². The maximum atomic E-state index is 5.52. The Morgan fingerprint density at radius 1 is 0.737 bits per heavy atom. The third kappa shape index (κ3) is 3.89. The number of rotatable bonds is 10. The van der Waals surface area contributed by atoms with E-state index in [-0.39, 0.29) is 24.4 Å². The second-order valence-electron chi connectivity index (χ2n) is 5.83. The van der Waals surface area contributed by atoms with Gasteiger partial charge in [-0.25, -0.2) is 0 Å². The fourth-order valence-electron chi connectivity index (χ4n) is 2.23. The van der Waals surface area contributed by atoms with E-state index in [1.165, 1.54) is 0 Å². The molecular weight excluding hydrogens is 248 g/mol. The third-order valence-corrected chi connectivity index (χ3v) is 4.28. The van der Waals surface area contributed by atoms with Gasteiger partial charge in [-0.2, -0.15) is 0 Å². The molecule has 2 fully saturated rings. The SMILES string of the molecule is CCC1(COCOCOCC2(CC)COC2)COC1. The Bertz CT molecular complexity index is 224. The van der Waals surface area contributed by atoms with Crippen LogP contribution in [-0.2, 0) is 23.7 Å². The summed E-state index contributed by atoms with van der Waals surface area (Å²) >= 11 is 0. The van der Waals surface area contributed by atoms with Crippen LogP contribution >= 0.6 is 0 Å². The van der Waals surface area contributed by atoms with Gasteiger partial charge in [-0.1, -0.05) is 13.8 Å². The molecule has 5 nitrogen and oxygen atoms in total. The minimum atomic E-state index is 0.222. The Morgan fingerprint density at radius 3 is 1.42 bits per heavy atom. The maximum Gasteiger partial charge on any atom is 0.149 e. The molecule has 2 heterocycles. The van der Waals surface area contributed by atoms with Gasteiger partial charge < -0.3 is 23.7 Å². The van der Waals surface area contributed by atoms with Crippen LogP contribution in [0.4, 0.5) is 0 Å². The predicted molar refractivity (Wildman–Crippen MR) is 69.8 cm³/mol. The van der Waals surface area contributed by atoms with Crippen molar-refractivity contribution in [2.75, 3.05) is 53.2 Å². The van der Waals surface area contributed by atoms with Gasteiger partial charge in [0, 0.05) is 10.8 Å². The first-order chi connectivity index (χ1) is 9.24. The Balaban J connectivity index is 1.44. The van der Waals surface area contributed by atoms with Gasteiger partial charge in [0.05, 0.1) is 39.6 Å². The van der Waals surface area contributed by atoms with Gasteiger partial charge in [0.2, 0.25) is 0 Å². The lowest BCUT2D eigenvalue weighted by atomic mass is 9.84. The predicted octanol–water partition coefficient (Wildman–Crippen LogP) is 1.80. The van der Waals surface area contributed by atoms with Gasteiger partial charge in [-0.05, 0) is 12.8 Å². The van der Waals surface area contributed by atoms with E-state index in [0.29, 0.717) is 13.2 Å². The van der Waals surface area contributed by atoms with Crippen LogP contribution in [-0.4, -0.2) is 53.2 Å². The summed E-state index contributed by atoms with van der Waals surface area (Å²) in [6.45, 7) is 9.54. The molecule has 112 valence electrons. The average molecular weight is 274 g/mol. The maximum absolute atomic E-state index is 5.52. The fourth-order valence-corrected chi connectivity index (χ4v) is 2.23. The van der Waals surface area contributed by atoms with E-state index in [1.54, 1.807) is 0 Å². The average Bonchev–Trinajstić information content (AvgIpc) is 2.34. The molecule has 0 amide bonds. The molecule has 0 aliphatic carbocycles. The molecule has 0 saturated carbocycles. The summed E-state index contributed by atoms with van der Waals surface area (Å²) < 4.78 is 26.8. The van der Waals surface area contributed by atoms with Crippen molar-refractivity contribution in [3.63, 3.8) is 0 Å². The zero-order valence-electron chi connectivity index (χ0n) is 12.1. The minimum absolute atomic E-state index is 0.222. The van der Waals surface area contributed by atoms with Crippen molar-refractivity contribution in [1.29, 1.82) is 0 Å². The first kappa shape index (κ1) is 15.2. The molecule has 0 spiro atoms. The van der Waals surface area contributed by atoms with Crippen LogP contribution in [0.1, 0.15) is 26.7 Å². The molecule has 0 unspecified atom stereocenters. The second kappa shape index (κ2) is 6.99. The number of ether oxygens (including phenoxy) is 5. The summed E-state index contributed by atoms with van der Waals surface area (Å²) in [5.41, 5.74) is 0.444. The largest absolute Gasteiger partial charge is 0.380 e. The van der Waals surface area contributed by atoms with E-state index in [9.17, 15) is 0 Å². The molecule has 2 aliphatic rings. The van der Waals surface area contributed by atoms with Gasteiger partial charge in [0.25, 0.3) is 0 Å². The summed E-state index contributed by atoms with van der Waals surface area (Å²) in [5.74, 6) is 0. The molecule has 2 saturated heterocycles. The highest BCUT2D eigenvalue weighted by atomic mass is 16.7. The molecule has 0 radical (unpaired) electrons. The van der Waals surface area contributed by atoms with Crippen LogP contribution in [0.5, 0.6) is 0 Å². The molecule has 0 aromatic rings. The van der Waals surface area contributed by atoms with E-state index in [0.717, 1.165) is 39.3 Å². The highest BCUT2D eigenvalue weighted by Gasteiger charge is 2.37. The molecule has 0 aromatic carbocycles. The van der Waals surface area contributed by atoms with Crippen LogP contribution in [0.2, 0.25) is 0 Å². The zero-order chi connectivity index (χ0) is 13.6. The van der Waals surface area contributed by atoms with E-state index in [2.05, 4.69) is 13.8 Å². The van der Waals surface area contributed by atoms with Crippen molar-refractivity contribution >= 4 is 0 Å². The smallest absolute Gasteiger partial charge is 0.149 e.